The average Bonchev–Trinajstić information content (AvgIpc) is 2.98. The number of hydrogen-bond donors (Lipinski definition) is 1. The number of halogens is 2. The molecule has 0 aliphatic carbocycles. The molecule has 0 spiro atoms. The van der Waals surface area contributed by atoms with Gasteiger partial charge in [0.1, 0.15) is 11.5 Å². The Morgan fingerprint density at radius 2 is 2.00 bits per heavy atom. The van der Waals surface area contributed by atoms with Gasteiger partial charge >= 0.3 is 0 Å². The van der Waals surface area contributed by atoms with Crippen LogP contribution in [0.5, 0.6) is 0 Å². The van der Waals surface area contributed by atoms with Gasteiger partial charge in [-0.05, 0) is 30.7 Å². The number of aryl methyl sites for hydroxylation is 1. The van der Waals surface area contributed by atoms with E-state index >= 15 is 0 Å². The Kier molecular flexibility index (Phi) is 4.06. The number of pyridine rings is 2. The van der Waals surface area contributed by atoms with Gasteiger partial charge in [-0.25, -0.2) is 18.7 Å². The quantitative estimate of drug-likeness (QED) is 0.764. The van der Waals surface area contributed by atoms with Crippen LogP contribution < -0.4 is 5.32 Å². The molecule has 0 amide bonds. The lowest BCUT2D eigenvalue weighted by Gasteiger charge is -2.04. The Labute approximate surface area is 129 Å². The molecule has 0 aliphatic heterocycles. The van der Waals surface area contributed by atoms with E-state index in [1.807, 2.05) is 24.4 Å². The maximum atomic E-state index is 12.5. The molecule has 0 bridgehead atoms. The minimum absolute atomic E-state index is 0.0959. The summed E-state index contributed by atoms with van der Waals surface area (Å²) < 4.78 is 25.0. The van der Waals surface area contributed by atoms with E-state index in [1.165, 1.54) is 23.6 Å². The molecule has 112 valence electrons. The van der Waals surface area contributed by atoms with Gasteiger partial charge in [0.2, 0.25) is 0 Å². The first-order valence-electron chi connectivity index (χ1n) is 6.52. The zero-order valence-corrected chi connectivity index (χ0v) is 12.4. The highest BCUT2D eigenvalue weighted by molar-refractivity contribution is 7.14. The Bertz CT molecular complexity index is 771. The molecule has 7 heteroatoms. The molecule has 1 N–H and O–H groups in total. The fraction of sp³-hybridized carbons (Fsp3) is 0.133. The molecule has 3 aromatic rings. The van der Waals surface area contributed by atoms with Crippen molar-refractivity contribution in [3.8, 4) is 11.4 Å². The molecule has 0 unspecified atom stereocenters. The molecule has 0 fully saturated rings. The van der Waals surface area contributed by atoms with Crippen molar-refractivity contribution in [1.29, 1.82) is 0 Å². The molecule has 3 aromatic heterocycles. The van der Waals surface area contributed by atoms with E-state index in [4.69, 9.17) is 0 Å². The third-order valence-corrected chi connectivity index (χ3v) is 3.80. The average molecular weight is 318 g/mol. The molecule has 0 aliphatic rings. The molecular weight excluding hydrogens is 306 g/mol. The number of nitrogens with one attached hydrogen (secondary N) is 1. The van der Waals surface area contributed by atoms with Crippen LogP contribution in [0.3, 0.4) is 0 Å². The molecule has 4 nitrogen and oxygen atoms in total. The second kappa shape index (κ2) is 6.15. The summed E-state index contributed by atoms with van der Waals surface area (Å²) in [6, 6.07) is 6.73. The minimum atomic E-state index is -2.51. The zero-order valence-electron chi connectivity index (χ0n) is 11.6. The van der Waals surface area contributed by atoms with Crippen LogP contribution in [-0.4, -0.2) is 15.0 Å². The number of anilines is 2. The summed E-state index contributed by atoms with van der Waals surface area (Å²) in [7, 11) is 0. The van der Waals surface area contributed by atoms with Crippen LogP contribution in [0.15, 0.2) is 42.0 Å². The van der Waals surface area contributed by atoms with Gasteiger partial charge in [-0.15, -0.1) is 11.3 Å². The van der Waals surface area contributed by atoms with Crippen LogP contribution in [0.4, 0.5) is 19.7 Å². The van der Waals surface area contributed by atoms with E-state index in [-0.39, 0.29) is 5.56 Å². The van der Waals surface area contributed by atoms with E-state index in [9.17, 15) is 8.78 Å². The summed E-state index contributed by atoms with van der Waals surface area (Å²) in [4.78, 5) is 12.7. The van der Waals surface area contributed by atoms with Crippen molar-refractivity contribution in [1.82, 2.24) is 15.0 Å². The molecule has 3 rings (SSSR count). The second-order valence-electron chi connectivity index (χ2n) is 4.61. The zero-order chi connectivity index (χ0) is 15.5. The molecule has 3 heterocycles. The standard InChI is InChI=1S/C15H12F2N4S/c1-9-3-2-6-18-14(9)21-15-20-12(8-22-15)11-5-4-10(7-19-11)13(16)17/h2-8,13H,1H3,(H,18,20,21). The number of rotatable bonds is 4. The minimum Gasteiger partial charge on any atom is -0.316 e. The van der Waals surface area contributed by atoms with Crippen LogP contribution in [0.25, 0.3) is 11.4 Å². The summed E-state index contributed by atoms with van der Waals surface area (Å²) in [6.07, 6.45) is 0.366. The smallest absolute Gasteiger partial charge is 0.265 e. The first kappa shape index (κ1) is 14.5. The van der Waals surface area contributed by atoms with Gasteiger partial charge in [-0.1, -0.05) is 6.07 Å². The van der Waals surface area contributed by atoms with Crippen molar-refractivity contribution < 1.29 is 8.78 Å². The number of aromatic nitrogens is 3. The molecule has 0 radical (unpaired) electrons. The number of nitrogens with zero attached hydrogens (tertiary/aromatic N) is 3. The van der Waals surface area contributed by atoms with Gasteiger partial charge in [0.05, 0.1) is 5.69 Å². The van der Waals surface area contributed by atoms with Gasteiger partial charge in [0, 0.05) is 23.3 Å². The van der Waals surface area contributed by atoms with Crippen LogP contribution in [0.1, 0.15) is 17.6 Å². The van der Waals surface area contributed by atoms with Gasteiger partial charge in [0.25, 0.3) is 6.43 Å². The van der Waals surface area contributed by atoms with Crippen LogP contribution in [-0.2, 0) is 0 Å². The van der Waals surface area contributed by atoms with Crippen LogP contribution in [0.2, 0.25) is 0 Å². The summed E-state index contributed by atoms with van der Waals surface area (Å²) in [5.74, 6) is 0.740. The van der Waals surface area contributed by atoms with Gasteiger partial charge in [-0.2, -0.15) is 0 Å². The Morgan fingerprint density at radius 1 is 1.14 bits per heavy atom. The van der Waals surface area contributed by atoms with E-state index in [2.05, 4.69) is 20.3 Å². The molecule has 22 heavy (non-hydrogen) atoms. The fourth-order valence-corrected chi connectivity index (χ4v) is 2.56. The number of thiazole rings is 1. The molecular formula is C15H12F2N4S. The first-order valence-corrected chi connectivity index (χ1v) is 7.40. The SMILES string of the molecule is Cc1cccnc1Nc1nc(-c2ccc(C(F)F)cn2)cs1. The number of hydrogen-bond acceptors (Lipinski definition) is 5. The Balaban J connectivity index is 1.80. The fourth-order valence-electron chi connectivity index (χ4n) is 1.85. The van der Waals surface area contributed by atoms with Crippen molar-refractivity contribution in [3.63, 3.8) is 0 Å². The topological polar surface area (TPSA) is 50.7 Å². The molecule has 0 atom stereocenters. The van der Waals surface area contributed by atoms with Gasteiger partial charge in [-0.3, -0.25) is 4.98 Å². The first-order chi connectivity index (χ1) is 10.6. The van der Waals surface area contributed by atoms with Crippen LogP contribution >= 0.6 is 11.3 Å². The Hall–Kier alpha value is -2.41. The predicted octanol–water partition coefficient (Wildman–Crippen LogP) is 4.59. The summed E-state index contributed by atoms with van der Waals surface area (Å²) >= 11 is 1.41. The van der Waals surface area contributed by atoms with Gasteiger partial charge in [0.15, 0.2) is 5.13 Å². The predicted molar refractivity (Wildman–Crippen MR) is 82.6 cm³/mol. The lowest BCUT2D eigenvalue weighted by atomic mass is 10.2. The summed E-state index contributed by atoms with van der Waals surface area (Å²) in [5, 5.41) is 5.64. The van der Waals surface area contributed by atoms with E-state index in [0.717, 1.165) is 11.4 Å². The van der Waals surface area contributed by atoms with Crippen LogP contribution in [0, 0.1) is 6.92 Å². The maximum Gasteiger partial charge on any atom is 0.265 e. The third-order valence-electron chi connectivity index (χ3n) is 3.04. The maximum absolute atomic E-state index is 12.5. The highest BCUT2D eigenvalue weighted by Crippen LogP contribution is 2.27. The van der Waals surface area contributed by atoms with Crippen molar-refractivity contribution in [2.75, 3.05) is 5.32 Å². The van der Waals surface area contributed by atoms with E-state index in [1.54, 1.807) is 12.3 Å². The lowest BCUT2D eigenvalue weighted by Crippen LogP contribution is -1.95. The third kappa shape index (κ3) is 3.09. The van der Waals surface area contributed by atoms with Crippen molar-refractivity contribution in [2.24, 2.45) is 0 Å². The normalized spacial score (nSPS) is 10.9. The van der Waals surface area contributed by atoms with Crippen molar-refractivity contribution in [3.05, 3.63) is 53.2 Å². The van der Waals surface area contributed by atoms with E-state index < -0.39 is 6.43 Å². The monoisotopic (exact) mass is 318 g/mol. The molecule has 0 aromatic carbocycles. The number of alkyl halides is 2. The largest absolute Gasteiger partial charge is 0.316 e. The Morgan fingerprint density at radius 3 is 2.68 bits per heavy atom. The van der Waals surface area contributed by atoms with E-state index in [0.29, 0.717) is 16.5 Å². The highest BCUT2D eigenvalue weighted by atomic mass is 32.1. The highest BCUT2D eigenvalue weighted by Gasteiger charge is 2.10. The van der Waals surface area contributed by atoms with Crippen molar-refractivity contribution >= 4 is 22.3 Å². The summed E-state index contributed by atoms with van der Waals surface area (Å²) in [5.41, 5.74) is 2.12. The lowest BCUT2D eigenvalue weighted by molar-refractivity contribution is 0.151. The van der Waals surface area contributed by atoms with Gasteiger partial charge < -0.3 is 5.32 Å². The molecule has 0 saturated carbocycles. The second-order valence-corrected chi connectivity index (χ2v) is 5.47. The summed E-state index contributed by atoms with van der Waals surface area (Å²) in [6.45, 7) is 1.95. The molecule has 0 saturated heterocycles. The van der Waals surface area contributed by atoms with Crippen molar-refractivity contribution in [2.45, 2.75) is 13.3 Å².